The minimum Gasteiger partial charge on any atom is -0.462 e. The van der Waals surface area contributed by atoms with Gasteiger partial charge in [-0.1, -0.05) is 36.4 Å². The molecule has 0 spiro atoms. The van der Waals surface area contributed by atoms with Gasteiger partial charge in [-0.25, -0.2) is 4.79 Å². The Morgan fingerprint density at radius 2 is 1.74 bits per heavy atom. The Bertz CT molecular complexity index is 693. The van der Waals surface area contributed by atoms with Crippen molar-refractivity contribution < 1.29 is 14.3 Å². The van der Waals surface area contributed by atoms with Crippen molar-refractivity contribution >= 4 is 17.6 Å². The van der Waals surface area contributed by atoms with Crippen LogP contribution in [0.2, 0.25) is 0 Å². The average molecular weight is 311 g/mol. The van der Waals surface area contributed by atoms with Crippen LogP contribution in [0.25, 0.3) is 0 Å². The quantitative estimate of drug-likeness (QED) is 0.855. The van der Waals surface area contributed by atoms with E-state index >= 15 is 0 Å². The van der Waals surface area contributed by atoms with Gasteiger partial charge in [0.1, 0.15) is 0 Å². The molecule has 1 N–H and O–H groups in total. The van der Waals surface area contributed by atoms with Gasteiger partial charge in [0, 0.05) is 5.69 Å². The number of anilines is 1. The number of nitrogens with one attached hydrogen (secondary N) is 1. The molecule has 0 heterocycles. The summed E-state index contributed by atoms with van der Waals surface area (Å²) in [4.78, 5) is 24.4. The van der Waals surface area contributed by atoms with Crippen LogP contribution in [0.1, 0.15) is 36.7 Å². The maximum atomic E-state index is 12.6. The smallest absolute Gasteiger partial charge is 0.338 e. The normalized spacial score (nSPS) is 10.9. The second kappa shape index (κ2) is 7.09. The lowest BCUT2D eigenvalue weighted by Crippen LogP contribution is -2.34. The van der Waals surface area contributed by atoms with Crippen molar-refractivity contribution in [1.29, 1.82) is 0 Å². The Morgan fingerprint density at radius 3 is 2.39 bits per heavy atom. The molecule has 4 nitrogen and oxygen atoms in total. The first-order valence-electron chi connectivity index (χ1n) is 7.59. The molecule has 0 fully saturated rings. The van der Waals surface area contributed by atoms with Crippen LogP contribution in [0.5, 0.6) is 0 Å². The average Bonchev–Trinajstić information content (AvgIpc) is 2.56. The highest BCUT2D eigenvalue weighted by molar-refractivity contribution is 5.99. The maximum absolute atomic E-state index is 12.6. The van der Waals surface area contributed by atoms with Crippen LogP contribution >= 0.6 is 0 Å². The molecule has 2 aromatic carbocycles. The van der Waals surface area contributed by atoms with E-state index in [1.807, 2.05) is 44.2 Å². The SMILES string of the molecule is CCOC(=O)c1cccc(NC(=O)C(C)(C)c2ccccc2)c1. The maximum Gasteiger partial charge on any atom is 0.338 e. The Morgan fingerprint density at radius 1 is 1.04 bits per heavy atom. The van der Waals surface area contributed by atoms with Crippen molar-refractivity contribution in [2.24, 2.45) is 0 Å². The zero-order valence-electron chi connectivity index (χ0n) is 13.6. The topological polar surface area (TPSA) is 55.4 Å². The fraction of sp³-hybridized carbons (Fsp3) is 0.263. The number of carbonyl (C=O) groups is 2. The van der Waals surface area contributed by atoms with Crippen LogP contribution < -0.4 is 5.32 Å². The molecule has 0 atom stereocenters. The van der Waals surface area contributed by atoms with Gasteiger partial charge in [0.25, 0.3) is 0 Å². The highest BCUT2D eigenvalue weighted by Crippen LogP contribution is 2.25. The molecule has 23 heavy (non-hydrogen) atoms. The van der Waals surface area contributed by atoms with Crippen molar-refractivity contribution in [3.8, 4) is 0 Å². The molecule has 4 heteroatoms. The van der Waals surface area contributed by atoms with E-state index in [-0.39, 0.29) is 5.91 Å². The zero-order valence-corrected chi connectivity index (χ0v) is 13.6. The number of esters is 1. The third kappa shape index (κ3) is 3.97. The van der Waals surface area contributed by atoms with E-state index in [0.717, 1.165) is 5.56 Å². The molecular weight excluding hydrogens is 290 g/mol. The van der Waals surface area contributed by atoms with E-state index in [1.165, 1.54) is 0 Å². The molecular formula is C19H21NO3. The van der Waals surface area contributed by atoms with E-state index < -0.39 is 11.4 Å². The van der Waals surface area contributed by atoms with E-state index in [1.54, 1.807) is 31.2 Å². The van der Waals surface area contributed by atoms with Crippen molar-refractivity contribution in [1.82, 2.24) is 0 Å². The lowest BCUT2D eigenvalue weighted by molar-refractivity contribution is -0.120. The van der Waals surface area contributed by atoms with Gasteiger partial charge in [-0.15, -0.1) is 0 Å². The van der Waals surface area contributed by atoms with Crippen LogP contribution in [-0.2, 0) is 14.9 Å². The number of carbonyl (C=O) groups excluding carboxylic acids is 2. The first-order valence-corrected chi connectivity index (χ1v) is 7.59. The van der Waals surface area contributed by atoms with Crippen molar-refractivity contribution in [2.45, 2.75) is 26.2 Å². The van der Waals surface area contributed by atoms with Gasteiger partial charge in [-0.05, 0) is 44.5 Å². The van der Waals surface area contributed by atoms with Gasteiger partial charge in [0.15, 0.2) is 0 Å². The molecule has 0 aromatic heterocycles. The standard InChI is InChI=1S/C19H21NO3/c1-4-23-17(21)14-9-8-12-16(13-14)20-18(22)19(2,3)15-10-6-5-7-11-15/h5-13H,4H2,1-3H3,(H,20,22). The summed E-state index contributed by atoms with van der Waals surface area (Å²) in [7, 11) is 0. The first-order chi connectivity index (χ1) is 10.9. The molecule has 0 radical (unpaired) electrons. The molecule has 120 valence electrons. The van der Waals surface area contributed by atoms with Gasteiger partial charge in [0.05, 0.1) is 17.6 Å². The van der Waals surface area contributed by atoms with E-state index in [9.17, 15) is 9.59 Å². The summed E-state index contributed by atoms with van der Waals surface area (Å²) >= 11 is 0. The summed E-state index contributed by atoms with van der Waals surface area (Å²) in [6.45, 7) is 5.81. The number of rotatable bonds is 5. The van der Waals surface area contributed by atoms with E-state index in [2.05, 4.69) is 5.32 Å². The van der Waals surface area contributed by atoms with E-state index in [0.29, 0.717) is 17.9 Å². The lowest BCUT2D eigenvalue weighted by atomic mass is 9.83. The third-order valence-electron chi connectivity index (χ3n) is 3.69. The van der Waals surface area contributed by atoms with Crippen LogP contribution in [0.4, 0.5) is 5.69 Å². The molecule has 0 bridgehead atoms. The number of ether oxygens (including phenoxy) is 1. The van der Waals surface area contributed by atoms with Gasteiger partial charge in [-0.3, -0.25) is 4.79 Å². The van der Waals surface area contributed by atoms with Crippen LogP contribution in [0.3, 0.4) is 0 Å². The number of hydrogen-bond acceptors (Lipinski definition) is 3. The molecule has 0 unspecified atom stereocenters. The zero-order chi connectivity index (χ0) is 16.9. The van der Waals surface area contributed by atoms with Crippen molar-refractivity contribution in [3.05, 3.63) is 65.7 Å². The van der Waals surface area contributed by atoms with Gasteiger partial charge >= 0.3 is 5.97 Å². The highest BCUT2D eigenvalue weighted by atomic mass is 16.5. The number of amides is 1. The summed E-state index contributed by atoms with van der Waals surface area (Å²) in [5, 5.41) is 2.87. The highest BCUT2D eigenvalue weighted by Gasteiger charge is 2.29. The monoisotopic (exact) mass is 311 g/mol. The Hall–Kier alpha value is -2.62. The summed E-state index contributed by atoms with van der Waals surface area (Å²) in [5.41, 5.74) is 1.24. The van der Waals surface area contributed by atoms with Crippen LogP contribution in [-0.4, -0.2) is 18.5 Å². The Balaban J connectivity index is 2.17. The van der Waals surface area contributed by atoms with Gasteiger partial charge < -0.3 is 10.1 Å². The Kier molecular flexibility index (Phi) is 5.16. The lowest BCUT2D eigenvalue weighted by Gasteiger charge is -2.24. The first kappa shape index (κ1) is 16.7. The minimum absolute atomic E-state index is 0.135. The Labute approximate surface area is 136 Å². The number of benzene rings is 2. The summed E-state index contributed by atoms with van der Waals surface area (Å²) < 4.78 is 4.97. The summed E-state index contributed by atoms with van der Waals surface area (Å²) in [6.07, 6.45) is 0. The number of hydrogen-bond donors (Lipinski definition) is 1. The molecule has 2 aromatic rings. The molecule has 0 saturated heterocycles. The van der Waals surface area contributed by atoms with Crippen LogP contribution in [0, 0.1) is 0 Å². The summed E-state index contributed by atoms with van der Waals surface area (Å²) in [6, 6.07) is 16.3. The fourth-order valence-corrected chi connectivity index (χ4v) is 2.21. The van der Waals surface area contributed by atoms with Crippen LogP contribution in [0.15, 0.2) is 54.6 Å². The van der Waals surface area contributed by atoms with E-state index in [4.69, 9.17) is 4.74 Å². The summed E-state index contributed by atoms with van der Waals surface area (Å²) in [5.74, 6) is -0.532. The molecule has 0 aliphatic heterocycles. The molecule has 0 saturated carbocycles. The predicted molar refractivity (Wildman–Crippen MR) is 90.5 cm³/mol. The van der Waals surface area contributed by atoms with Crippen molar-refractivity contribution in [3.63, 3.8) is 0 Å². The minimum atomic E-state index is -0.679. The van der Waals surface area contributed by atoms with Gasteiger partial charge in [0.2, 0.25) is 5.91 Å². The fourth-order valence-electron chi connectivity index (χ4n) is 2.21. The third-order valence-corrected chi connectivity index (χ3v) is 3.69. The molecule has 1 amide bonds. The largest absolute Gasteiger partial charge is 0.462 e. The van der Waals surface area contributed by atoms with Gasteiger partial charge in [-0.2, -0.15) is 0 Å². The molecule has 2 rings (SSSR count). The second-order valence-corrected chi connectivity index (χ2v) is 5.75. The predicted octanol–water partition coefficient (Wildman–Crippen LogP) is 3.78. The molecule has 0 aliphatic carbocycles. The molecule has 0 aliphatic rings. The second-order valence-electron chi connectivity index (χ2n) is 5.75. The van der Waals surface area contributed by atoms with Crippen molar-refractivity contribution in [2.75, 3.05) is 11.9 Å².